The first-order chi connectivity index (χ1) is 9.61. The van der Waals surface area contributed by atoms with Gasteiger partial charge in [-0.1, -0.05) is 6.92 Å². The van der Waals surface area contributed by atoms with Gasteiger partial charge in [-0.3, -0.25) is 9.80 Å². The van der Waals surface area contributed by atoms with Crippen LogP contribution in [0.5, 0.6) is 0 Å². The van der Waals surface area contributed by atoms with E-state index in [-0.39, 0.29) is 11.1 Å². The molecule has 20 heavy (non-hydrogen) atoms. The molecular weight excluding hydrogens is 250 g/mol. The highest BCUT2D eigenvalue weighted by Gasteiger charge is 2.46. The van der Waals surface area contributed by atoms with E-state index in [2.05, 4.69) is 23.6 Å². The minimum absolute atomic E-state index is 0.0191. The van der Waals surface area contributed by atoms with Crippen molar-refractivity contribution in [3.63, 3.8) is 0 Å². The lowest BCUT2D eigenvalue weighted by Crippen LogP contribution is -2.65. The summed E-state index contributed by atoms with van der Waals surface area (Å²) in [6.45, 7) is 11.0. The molecule has 0 radical (unpaired) electrons. The van der Waals surface area contributed by atoms with Crippen molar-refractivity contribution < 1.29 is 4.74 Å². The molecule has 4 nitrogen and oxygen atoms in total. The second-order valence-corrected chi connectivity index (χ2v) is 7.26. The second kappa shape index (κ2) is 5.56. The van der Waals surface area contributed by atoms with E-state index < -0.39 is 0 Å². The van der Waals surface area contributed by atoms with Crippen molar-refractivity contribution in [2.24, 2.45) is 5.73 Å². The normalized spacial score (nSPS) is 41.0. The smallest absolute Gasteiger partial charge is 0.0670 e. The summed E-state index contributed by atoms with van der Waals surface area (Å²) in [6, 6.07) is 0.904. The van der Waals surface area contributed by atoms with Gasteiger partial charge in [-0.15, -0.1) is 0 Å². The van der Waals surface area contributed by atoms with Crippen molar-refractivity contribution in [1.29, 1.82) is 0 Å². The van der Waals surface area contributed by atoms with Crippen molar-refractivity contribution in [3.8, 4) is 0 Å². The Kier molecular flexibility index (Phi) is 4.10. The SMILES string of the molecule is CCC1(C)CC(CN)(N2CCN(C3CC3)CC2)CCO1. The van der Waals surface area contributed by atoms with Crippen LogP contribution in [0.15, 0.2) is 0 Å². The van der Waals surface area contributed by atoms with E-state index in [0.29, 0.717) is 0 Å². The van der Waals surface area contributed by atoms with E-state index >= 15 is 0 Å². The maximum Gasteiger partial charge on any atom is 0.0670 e. The molecule has 2 heterocycles. The van der Waals surface area contributed by atoms with E-state index in [1.165, 1.54) is 39.0 Å². The highest BCUT2D eigenvalue weighted by atomic mass is 16.5. The Hall–Kier alpha value is -0.160. The first-order valence-corrected chi connectivity index (χ1v) is 8.44. The van der Waals surface area contributed by atoms with E-state index in [0.717, 1.165) is 38.5 Å². The molecule has 0 spiro atoms. The molecule has 1 saturated carbocycles. The summed E-state index contributed by atoms with van der Waals surface area (Å²) in [5.74, 6) is 0. The average Bonchev–Trinajstić information content (AvgIpc) is 3.32. The molecule has 0 aromatic carbocycles. The molecule has 3 rings (SSSR count). The fourth-order valence-corrected chi connectivity index (χ4v) is 4.12. The van der Waals surface area contributed by atoms with Gasteiger partial charge in [-0.25, -0.2) is 0 Å². The number of ether oxygens (including phenoxy) is 1. The molecule has 3 aliphatic rings. The lowest BCUT2D eigenvalue weighted by atomic mass is 9.77. The molecule has 0 aromatic rings. The number of nitrogens with two attached hydrogens (primary N) is 1. The Bertz CT molecular complexity index is 339. The van der Waals surface area contributed by atoms with Gasteiger partial charge in [0, 0.05) is 50.9 Å². The van der Waals surface area contributed by atoms with Crippen LogP contribution in [0.2, 0.25) is 0 Å². The van der Waals surface area contributed by atoms with Crippen LogP contribution in [0.4, 0.5) is 0 Å². The molecule has 1 aliphatic carbocycles. The van der Waals surface area contributed by atoms with E-state index in [1.54, 1.807) is 0 Å². The van der Waals surface area contributed by atoms with Gasteiger partial charge in [-0.2, -0.15) is 0 Å². The maximum absolute atomic E-state index is 6.24. The fourth-order valence-electron chi connectivity index (χ4n) is 4.12. The van der Waals surface area contributed by atoms with E-state index in [4.69, 9.17) is 10.5 Å². The third-order valence-electron chi connectivity index (χ3n) is 5.90. The first-order valence-electron chi connectivity index (χ1n) is 8.44. The predicted octanol–water partition coefficient (Wildman–Crippen LogP) is 1.44. The van der Waals surface area contributed by atoms with Gasteiger partial charge in [0.15, 0.2) is 0 Å². The van der Waals surface area contributed by atoms with Crippen molar-refractivity contribution in [1.82, 2.24) is 9.80 Å². The van der Waals surface area contributed by atoms with Gasteiger partial charge in [0.25, 0.3) is 0 Å². The van der Waals surface area contributed by atoms with Crippen LogP contribution >= 0.6 is 0 Å². The number of piperazine rings is 1. The molecule has 3 fully saturated rings. The van der Waals surface area contributed by atoms with E-state index in [1.807, 2.05) is 0 Å². The predicted molar refractivity (Wildman–Crippen MR) is 81.8 cm³/mol. The van der Waals surface area contributed by atoms with Gasteiger partial charge in [0.05, 0.1) is 5.60 Å². The number of nitrogens with zero attached hydrogens (tertiary/aromatic N) is 2. The molecule has 116 valence electrons. The van der Waals surface area contributed by atoms with Crippen LogP contribution in [0.1, 0.15) is 46.0 Å². The minimum atomic E-state index is 0.0191. The van der Waals surface area contributed by atoms with Crippen LogP contribution in [-0.4, -0.2) is 66.3 Å². The van der Waals surface area contributed by atoms with Crippen molar-refractivity contribution >= 4 is 0 Å². The molecule has 0 aromatic heterocycles. The zero-order valence-corrected chi connectivity index (χ0v) is 13.2. The number of hydrogen-bond acceptors (Lipinski definition) is 4. The number of rotatable bonds is 4. The summed E-state index contributed by atoms with van der Waals surface area (Å²) in [5, 5.41) is 0. The Balaban J connectivity index is 1.66. The Labute approximate surface area is 123 Å². The summed E-state index contributed by atoms with van der Waals surface area (Å²) in [5.41, 5.74) is 6.44. The monoisotopic (exact) mass is 281 g/mol. The van der Waals surface area contributed by atoms with Crippen molar-refractivity contribution in [2.45, 2.75) is 63.1 Å². The van der Waals surface area contributed by atoms with Gasteiger partial charge < -0.3 is 10.5 Å². The third kappa shape index (κ3) is 2.76. The minimum Gasteiger partial charge on any atom is -0.375 e. The zero-order chi connectivity index (χ0) is 14.2. The van der Waals surface area contributed by atoms with Crippen molar-refractivity contribution in [3.05, 3.63) is 0 Å². The van der Waals surface area contributed by atoms with Crippen LogP contribution in [0, 0.1) is 0 Å². The molecular formula is C16H31N3O. The molecule has 2 aliphatic heterocycles. The zero-order valence-electron chi connectivity index (χ0n) is 13.2. The van der Waals surface area contributed by atoms with Gasteiger partial charge >= 0.3 is 0 Å². The second-order valence-electron chi connectivity index (χ2n) is 7.26. The standard InChI is InChI=1S/C16H31N3O/c1-3-15(2)12-16(13-17,6-11-20-15)19-9-7-18(8-10-19)14-4-5-14/h14H,3-13,17H2,1-2H3. The molecule has 0 bridgehead atoms. The Morgan fingerprint density at radius 3 is 2.45 bits per heavy atom. The molecule has 2 atom stereocenters. The molecule has 2 N–H and O–H groups in total. The molecule has 2 unspecified atom stereocenters. The Morgan fingerprint density at radius 2 is 1.90 bits per heavy atom. The summed E-state index contributed by atoms with van der Waals surface area (Å²) >= 11 is 0. The topological polar surface area (TPSA) is 41.7 Å². The summed E-state index contributed by atoms with van der Waals surface area (Å²) in [6.07, 6.45) is 6.11. The largest absolute Gasteiger partial charge is 0.375 e. The molecule has 4 heteroatoms. The lowest BCUT2D eigenvalue weighted by Gasteiger charge is -2.53. The molecule has 0 amide bonds. The molecule has 2 saturated heterocycles. The summed E-state index contributed by atoms with van der Waals surface area (Å²) in [7, 11) is 0. The number of hydrogen-bond donors (Lipinski definition) is 1. The summed E-state index contributed by atoms with van der Waals surface area (Å²) < 4.78 is 6.04. The van der Waals surface area contributed by atoms with Gasteiger partial charge in [0.1, 0.15) is 0 Å². The van der Waals surface area contributed by atoms with Crippen LogP contribution in [0.25, 0.3) is 0 Å². The van der Waals surface area contributed by atoms with Gasteiger partial charge in [-0.05, 0) is 39.0 Å². The maximum atomic E-state index is 6.24. The first kappa shape index (κ1) is 14.8. The van der Waals surface area contributed by atoms with Crippen molar-refractivity contribution in [2.75, 3.05) is 39.3 Å². The van der Waals surface area contributed by atoms with Crippen LogP contribution in [0.3, 0.4) is 0 Å². The third-order valence-corrected chi connectivity index (χ3v) is 5.90. The van der Waals surface area contributed by atoms with Gasteiger partial charge in [0.2, 0.25) is 0 Å². The average molecular weight is 281 g/mol. The van der Waals surface area contributed by atoms with Crippen LogP contribution < -0.4 is 5.73 Å². The van der Waals surface area contributed by atoms with Crippen LogP contribution in [-0.2, 0) is 4.74 Å². The Morgan fingerprint density at radius 1 is 1.20 bits per heavy atom. The highest BCUT2D eigenvalue weighted by molar-refractivity contribution is 5.02. The quantitative estimate of drug-likeness (QED) is 0.847. The summed E-state index contributed by atoms with van der Waals surface area (Å²) in [4.78, 5) is 5.36. The fraction of sp³-hybridized carbons (Fsp3) is 1.00. The highest BCUT2D eigenvalue weighted by Crippen LogP contribution is 2.39. The van der Waals surface area contributed by atoms with E-state index in [9.17, 15) is 0 Å². The lowest BCUT2D eigenvalue weighted by molar-refractivity contribution is -0.134.